The lowest BCUT2D eigenvalue weighted by molar-refractivity contribution is 0.269. The van der Waals surface area contributed by atoms with E-state index >= 15 is 0 Å². The van der Waals surface area contributed by atoms with Gasteiger partial charge in [0.2, 0.25) is 0 Å². The van der Waals surface area contributed by atoms with Crippen LogP contribution in [0, 0.1) is 0 Å². The fourth-order valence-electron chi connectivity index (χ4n) is 2.35. The molecule has 0 saturated heterocycles. The normalized spacial score (nSPS) is 15.9. The molecule has 0 aromatic heterocycles. The summed E-state index contributed by atoms with van der Waals surface area (Å²) in [5.74, 6) is 0. The third-order valence-electron chi connectivity index (χ3n) is 3.78. The SMILES string of the molecule is CCN(Cc1ccc(CNC(C)(C)C)cc1Br)C1CC1. The minimum absolute atomic E-state index is 0.163. The van der Waals surface area contributed by atoms with Crippen LogP contribution in [-0.4, -0.2) is 23.0 Å². The lowest BCUT2D eigenvalue weighted by Crippen LogP contribution is -2.35. The minimum atomic E-state index is 0.163. The minimum Gasteiger partial charge on any atom is -0.308 e. The molecule has 0 unspecified atom stereocenters. The Balaban J connectivity index is 1.98. The molecule has 20 heavy (non-hydrogen) atoms. The number of halogens is 1. The third-order valence-corrected chi connectivity index (χ3v) is 4.52. The second-order valence-electron chi connectivity index (χ2n) is 6.82. The summed E-state index contributed by atoms with van der Waals surface area (Å²) >= 11 is 3.74. The average molecular weight is 339 g/mol. The molecule has 1 aliphatic carbocycles. The lowest BCUT2D eigenvalue weighted by atomic mass is 10.1. The molecule has 1 aliphatic rings. The summed E-state index contributed by atoms with van der Waals surface area (Å²) in [6, 6.07) is 7.61. The summed E-state index contributed by atoms with van der Waals surface area (Å²) in [6.45, 7) is 12.0. The lowest BCUT2D eigenvalue weighted by Gasteiger charge is -2.22. The number of nitrogens with zero attached hydrogens (tertiary/aromatic N) is 1. The first-order valence-electron chi connectivity index (χ1n) is 7.65. The second kappa shape index (κ2) is 6.59. The molecule has 0 heterocycles. The Morgan fingerprint density at radius 1 is 1.30 bits per heavy atom. The van der Waals surface area contributed by atoms with Crippen molar-refractivity contribution < 1.29 is 0 Å². The van der Waals surface area contributed by atoms with Gasteiger partial charge in [0.1, 0.15) is 0 Å². The molecule has 2 nitrogen and oxygen atoms in total. The molecule has 2 rings (SSSR count). The molecular formula is C17H27BrN2. The van der Waals surface area contributed by atoms with Gasteiger partial charge in [-0.1, -0.05) is 35.0 Å². The average Bonchev–Trinajstić information content (AvgIpc) is 3.19. The molecule has 3 heteroatoms. The van der Waals surface area contributed by atoms with E-state index in [1.54, 1.807) is 0 Å². The van der Waals surface area contributed by atoms with Crippen molar-refractivity contribution in [2.24, 2.45) is 0 Å². The monoisotopic (exact) mass is 338 g/mol. The van der Waals surface area contributed by atoms with Gasteiger partial charge in [-0.25, -0.2) is 0 Å². The van der Waals surface area contributed by atoms with E-state index in [4.69, 9.17) is 0 Å². The quantitative estimate of drug-likeness (QED) is 0.830. The van der Waals surface area contributed by atoms with Gasteiger partial charge in [0.25, 0.3) is 0 Å². The maximum Gasteiger partial charge on any atom is 0.0247 e. The van der Waals surface area contributed by atoms with Gasteiger partial charge in [0.15, 0.2) is 0 Å². The number of hydrogen-bond donors (Lipinski definition) is 1. The molecular weight excluding hydrogens is 312 g/mol. The summed E-state index contributed by atoms with van der Waals surface area (Å²) in [5.41, 5.74) is 2.90. The molecule has 0 aliphatic heterocycles. The molecule has 0 amide bonds. The van der Waals surface area contributed by atoms with Crippen LogP contribution in [0.2, 0.25) is 0 Å². The Labute approximate surface area is 132 Å². The fourth-order valence-corrected chi connectivity index (χ4v) is 2.91. The van der Waals surface area contributed by atoms with E-state index in [0.717, 1.165) is 25.7 Å². The van der Waals surface area contributed by atoms with E-state index < -0.39 is 0 Å². The molecule has 1 fully saturated rings. The Kier molecular flexibility index (Phi) is 5.27. The number of hydrogen-bond acceptors (Lipinski definition) is 2. The molecule has 0 spiro atoms. The standard InChI is InChI=1S/C17H27BrN2/c1-5-20(15-8-9-15)12-14-7-6-13(10-16(14)18)11-19-17(2,3)4/h6-7,10,15,19H,5,8-9,11-12H2,1-4H3. The van der Waals surface area contributed by atoms with Gasteiger partial charge in [0.05, 0.1) is 0 Å². The van der Waals surface area contributed by atoms with Crippen LogP contribution in [0.4, 0.5) is 0 Å². The van der Waals surface area contributed by atoms with E-state index in [1.807, 2.05) is 0 Å². The molecule has 0 bridgehead atoms. The zero-order chi connectivity index (χ0) is 14.8. The van der Waals surface area contributed by atoms with E-state index in [9.17, 15) is 0 Å². The summed E-state index contributed by atoms with van der Waals surface area (Å²) in [5, 5.41) is 3.53. The highest BCUT2D eigenvalue weighted by Crippen LogP contribution is 2.29. The second-order valence-corrected chi connectivity index (χ2v) is 7.68. The van der Waals surface area contributed by atoms with Gasteiger partial charge < -0.3 is 5.32 Å². The van der Waals surface area contributed by atoms with Crippen molar-refractivity contribution in [3.05, 3.63) is 33.8 Å². The maximum absolute atomic E-state index is 3.74. The van der Waals surface area contributed by atoms with Gasteiger partial charge >= 0.3 is 0 Å². The topological polar surface area (TPSA) is 15.3 Å². The van der Waals surface area contributed by atoms with Gasteiger partial charge in [-0.15, -0.1) is 0 Å². The molecule has 1 saturated carbocycles. The van der Waals surface area contributed by atoms with Crippen LogP contribution in [-0.2, 0) is 13.1 Å². The highest BCUT2D eigenvalue weighted by Gasteiger charge is 2.27. The summed E-state index contributed by atoms with van der Waals surface area (Å²) in [6.07, 6.45) is 2.75. The van der Waals surface area contributed by atoms with Crippen molar-refractivity contribution in [1.82, 2.24) is 10.2 Å². The maximum atomic E-state index is 3.74. The van der Waals surface area contributed by atoms with Gasteiger partial charge in [-0.3, -0.25) is 4.90 Å². The van der Waals surface area contributed by atoms with Crippen LogP contribution in [0.5, 0.6) is 0 Å². The first-order chi connectivity index (χ1) is 9.39. The Morgan fingerprint density at radius 2 is 2.00 bits per heavy atom. The van der Waals surface area contributed by atoms with Gasteiger partial charge in [0, 0.05) is 29.1 Å². The van der Waals surface area contributed by atoms with Crippen molar-refractivity contribution in [2.45, 2.75) is 65.2 Å². The largest absolute Gasteiger partial charge is 0.308 e. The molecule has 1 aromatic rings. The highest BCUT2D eigenvalue weighted by molar-refractivity contribution is 9.10. The molecule has 0 atom stereocenters. The van der Waals surface area contributed by atoms with E-state index in [2.05, 4.69) is 72.0 Å². The summed E-state index contributed by atoms with van der Waals surface area (Å²) in [4.78, 5) is 2.58. The van der Waals surface area contributed by atoms with Crippen LogP contribution in [0.15, 0.2) is 22.7 Å². The Morgan fingerprint density at radius 3 is 2.50 bits per heavy atom. The van der Waals surface area contributed by atoms with E-state index in [1.165, 1.54) is 28.4 Å². The summed E-state index contributed by atoms with van der Waals surface area (Å²) in [7, 11) is 0. The van der Waals surface area contributed by atoms with Crippen LogP contribution >= 0.6 is 15.9 Å². The van der Waals surface area contributed by atoms with E-state index in [0.29, 0.717) is 0 Å². The molecule has 1 N–H and O–H groups in total. The fraction of sp³-hybridized carbons (Fsp3) is 0.647. The Hall–Kier alpha value is -0.380. The first kappa shape index (κ1) is 16.0. The van der Waals surface area contributed by atoms with Crippen molar-refractivity contribution >= 4 is 15.9 Å². The zero-order valence-electron chi connectivity index (χ0n) is 13.2. The number of rotatable bonds is 6. The zero-order valence-corrected chi connectivity index (χ0v) is 14.8. The molecule has 0 radical (unpaired) electrons. The summed E-state index contributed by atoms with van der Waals surface area (Å²) < 4.78 is 1.24. The van der Waals surface area contributed by atoms with Gasteiger partial charge in [-0.05, 0) is 57.4 Å². The number of benzene rings is 1. The molecule has 1 aromatic carbocycles. The van der Waals surface area contributed by atoms with Crippen LogP contribution in [0.3, 0.4) is 0 Å². The molecule has 112 valence electrons. The highest BCUT2D eigenvalue weighted by atomic mass is 79.9. The predicted molar refractivity (Wildman–Crippen MR) is 89.8 cm³/mol. The predicted octanol–water partition coefficient (Wildman–Crippen LogP) is 4.32. The van der Waals surface area contributed by atoms with Crippen molar-refractivity contribution in [1.29, 1.82) is 0 Å². The van der Waals surface area contributed by atoms with Crippen LogP contribution in [0.25, 0.3) is 0 Å². The van der Waals surface area contributed by atoms with Crippen LogP contribution < -0.4 is 5.32 Å². The smallest absolute Gasteiger partial charge is 0.0247 e. The van der Waals surface area contributed by atoms with Crippen molar-refractivity contribution in [2.75, 3.05) is 6.54 Å². The van der Waals surface area contributed by atoms with E-state index in [-0.39, 0.29) is 5.54 Å². The van der Waals surface area contributed by atoms with Crippen LogP contribution in [0.1, 0.15) is 51.7 Å². The number of nitrogens with one attached hydrogen (secondary N) is 1. The van der Waals surface area contributed by atoms with Crippen molar-refractivity contribution in [3.8, 4) is 0 Å². The first-order valence-corrected chi connectivity index (χ1v) is 8.44. The van der Waals surface area contributed by atoms with Gasteiger partial charge in [-0.2, -0.15) is 0 Å². The Bertz CT molecular complexity index is 447. The van der Waals surface area contributed by atoms with Crippen molar-refractivity contribution in [3.63, 3.8) is 0 Å². The third kappa shape index (κ3) is 4.87.